The highest BCUT2D eigenvalue weighted by molar-refractivity contribution is 9.10. The van der Waals surface area contributed by atoms with E-state index in [1.807, 2.05) is 48.2 Å². The standard InChI is InChI=1S/C26H23BrN2O5/c1-3-11-28-23-10-5-4-9-20(23)21(26(28)30)13-18-14-22(27)25(24(15-18)33-2)34-16-17-7-6-8-19(12-17)29(31)32/h4-10,12-15H,3,11,16H2,1-2H3/b21-13-. The van der Waals surface area contributed by atoms with Crippen molar-refractivity contribution in [1.29, 1.82) is 0 Å². The Morgan fingerprint density at radius 1 is 1.12 bits per heavy atom. The molecule has 7 nitrogen and oxygen atoms in total. The van der Waals surface area contributed by atoms with Gasteiger partial charge in [0.05, 0.1) is 22.2 Å². The van der Waals surface area contributed by atoms with Gasteiger partial charge in [0.25, 0.3) is 11.6 Å². The Bertz CT molecular complexity index is 1290. The monoisotopic (exact) mass is 522 g/mol. The van der Waals surface area contributed by atoms with Crippen LogP contribution in [0.25, 0.3) is 11.6 Å². The van der Waals surface area contributed by atoms with Crippen molar-refractivity contribution >= 4 is 44.9 Å². The average molecular weight is 523 g/mol. The van der Waals surface area contributed by atoms with Gasteiger partial charge in [-0.25, -0.2) is 0 Å². The van der Waals surface area contributed by atoms with Crippen molar-refractivity contribution in [1.82, 2.24) is 0 Å². The van der Waals surface area contributed by atoms with E-state index in [1.165, 1.54) is 19.2 Å². The van der Waals surface area contributed by atoms with Gasteiger partial charge in [-0.3, -0.25) is 14.9 Å². The van der Waals surface area contributed by atoms with Gasteiger partial charge in [0.1, 0.15) is 6.61 Å². The van der Waals surface area contributed by atoms with Gasteiger partial charge < -0.3 is 14.4 Å². The van der Waals surface area contributed by atoms with Crippen LogP contribution in [0.3, 0.4) is 0 Å². The maximum absolute atomic E-state index is 13.1. The Balaban J connectivity index is 1.64. The molecule has 0 fully saturated rings. The summed E-state index contributed by atoms with van der Waals surface area (Å²) in [6.45, 7) is 2.84. The fourth-order valence-corrected chi connectivity index (χ4v) is 4.51. The number of benzene rings is 3. The number of anilines is 1. The van der Waals surface area contributed by atoms with Crippen LogP contribution in [0.1, 0.15) is 30.0 Å². The lowest BCUT2D eigenvalue weighted by molar-refractivity contribution is -0.384. The van der Waals surface area contributed by atoms with Crippen LogP contribution >= 0.6 is 15.9 Å². The number of para-hydroxylation sites is 1. The van der Waals surface area contributed by atoms with E-state index < -0.39 is 4.92 Å². The van der Waals surface area contributed by atoms with Crippen molar-refractivity contribution in [3.63, 3.8) is 0 Å². The van der Waals surface area contributed by atoms with Crippen molar-refractivity contribution in [2.45, 2.75) is 20.0 Å². The highest BCUT2D eigenvalue weighted by atomic mass is 79.9. The summed E-state index contributed by atoms with van der Waals surface area (Å²) in [5, 5.41) is 11.0. The van der Waals surface area contributed by atoms with E-state index in [2.05, 4.69) is 15.9 Å². The minimum Gasteiger partial charge on any atom is -0.493 e. The van der Waals surface area contributed by atoms with Crippen LogP contribution in [0.15, 0.2) is 65.1 Å². The van der Waals surface area contributed by atoms with Gasteiger partial charge in [-0.1, -0.05) is 37.3 Å². The molecule has 34 heavy (non-hydrogen) atoms. The van der Waals surface area contributed by atoms with Crippen molar-refractivity contribution in [2.24, 2.45) is 0 Å². The highest BCUT2D eigenvalue weighted by Gasteiger charge is 2.31. The first kappa shape index (κ1) is 23.5. The predicted octanol–water partition coefficient (Wildman–Crippen LogP) is 6.24. The lowest BCUT2D eigenvalue weighted by atomic mass is 10.0. The zero-order chi connectivity index (χ0) is 24.2. The zero-order valence-electron chi connectivity index (χ0n) is 18.8. The molecule has 1 amide bonds. The number of methoxy groups -OCH3 is 1. The summed E-state index contributed by atoms with van der Waals surface area (Å²) in [5.41, 5.74) is 3.91. The number of carbonyl (C=O) groups is 1. The Morgan fingerprint density at radius 3 is 2.65 bits per heavy atom. The summed E-state index contributed by atoms with van der Waals surface area (Å²) < 4.78 is 12.1. The van der Waals surface area contributed by atoms with Gasteiger partial charge in [-0.05, 0) is 57.8 Å². The molecule has 0 bridgehead atoms. The minimum atomic E-state index is -0.438. The molecule has 174 valence electrons. The summed E-state index contributed by atoms with van der Waals surface area (Å²) in [5.74, 6) is 0.932. The number of halogens is 1. The third kappa shape index (κ3) is 4.68. The normalized spacial score (nSPS) is 13.8. The van der Waals surface area contributed by atoms with Gasteiger partial charge >= 0.3 is 0 Å². The van der Waals surface area contributed by atoms with Crippen molar-refractivity contribution < 1.29 is 19.2 Å². The molecule has 1 aliphatic rings. The van der Waals surface area contributed by atoms with E-state index in [0.717, 1.165) is 23.2 Å². The molecule has 0 N–H and O–H groups in total. The molecular formula is C26H23BrN2O5. The van der Waals surface area contributed by atoms with Gasteiger partial charge in [0, 0.05) is 29.8 Å². The topological polar surface area (TPSA) is 81.9 Å². The fourth-order valence-electron chi connectivity index (χ4n) is 3.94. The number of ether oxygens (including phenoxy) is 2. The van der Waals surface area contributed by atoms with Crippen LogP contribution in [-0.4, -0.2) is 24.5 Å². The average Bonchev–Trinajstić information content (AvgIpc) is 3.09. The van der Waals surface area contributed by atoms with E-state index in [1.54, 1.807) is 18.2 Å². The van der Waals surface area contributed by atoms with Gasteiger partial charge in [0.15, 0.2) is 11.5 Å². The van der Waals surface area contributed by atoms with Crippen LogP contribution in [-0.2, 0) is 11.4 Å². The molecule has 0 saturated carbocycles. The van der Waals surface area contributed by atoms with E-state index >= 15 is 0 Å². The smallest absolute Gasteiger partial charge is 0.269 e. The molecule has 1 aliphatic heterocycles. The zero-order valence-corrected chi connectivity index (χ0v) is 20.4. The number of hydrogen-bond acceptors (Lipinski definition) is 5. The molecule has 0 spiro atoms. The number of rotatable bonds is 8. The Hall–Kier alpha value is -3.65. The maximum Gasteiger partial charge on any atom is 0.269 e. The number of fused-ring (bicyclic) bond motifs is 1. The number of nitrogens with zero attached hydrogens (tertiary/aromatic N) is 2. The van der Waals surface area contributed by atoms with Gasteiger partial charge in [0.2, 0.25) is 0 Å². The fraction of sp³-hybridized carbons (Fsp3) is 0.192. The molecule has 1 heterocycles. The minimum absolute atomic E-state index is 0.00716. The van der Waals surface area contributed by atoms with E-state index in [-0.39, 0.29) is 18.2 Å². The molecule has 0 saturated heterocycles. The van der Waals surface area contributed by atoms with Crippen LogP contribution in [0.5, 0.6) is 11.5 Å². The molecular weight excluding hydrogens is 500 g/mol. The molecule has 4 rings (SSSR count). The number of hydrogen-bond donors (Lipinski definition) is 0. The molecule has 0 aromatic heterocycles. The largest absolute Gasteiger partial charge is 0.493 e. The van der Waals surface area contributed by atoms with Crippen LogP contribution in [0, 0.1) is 10.1 Å². The number of nitro groups is 1. The molecule has 0 unspecified atom stereocenters. The third-order valence-electron chi connectivity index (χ3n) is 5.48. The lowest BCUT2D eigenvalue weighted by Gasteiger charge is -2.15. The van der Waals surface area contributed by atoms with Crippen LogP contribution < -0.4 is 14.4 Å². The summed E-state index contributed by atoms with van der Waals surface area (Å²) in [4.78, 5) is 25.5. The van der Waals surface area contributed by atoms with E-state index in [9.17, 15) is 14.9 Å². The first-order valence-electron chi connectivity index (χ1n) is 10.8. The molecule has 3 aromatic rings. The highest BCUT2D eigenvalue weighted by Crippen LogP contribution is 2.41. The number of carbonyl (C=O) groups excluding carboxylic acids is 1. The number of nitro benzene ring substituents is 1. The Kier molecular flexibility index (Phi) is 6.98. The molecule has 0 radical (unpaired) electrons. The summed E-state index contributed by atoms with van der Waals surface area (Å²) >= 11 is 3.55. The van der Waals surface area contributed by atoms with Crippen molar-refractivity contribution in [3.05, 3.63) is 91.9 Å². The first-order chi connectivity index (χ1) is 16.4. The second-order valence-electron chi connectivity index (χ2n) is 7.78. The maximum atomic E-state index is 13.1. The van der Waals surface area contributed by atoms with Crippen molar-refractivity contribution in [3.8, 4) is 11.5 Å². The van der Waals surface area contributed by atoms with E-state index in [4.69, 9.17) is 9.47 Å². The summed E-state index contributed by atoms with van der Waals surface area (Å²) in [7, 11) is 1.54. The predicted molar refractivity (Wildman–Crippen MR) is 135 cm³/mol. The Labute approximate surface area is 205 Å². The Morgan fingerprint density at radius 2 is 1.91 bits per heavy atom. The number of non-ortho nitro benzene ring substituents is 1. The van der Waals surface area contributed by atoms with Gasteiger partial charge in [-0.2, -0.15) is 0 Å². The molecule has 8 heteroatoms. The second-order valence-corrected chi connectivity index (χ2v) is 8.64. The lowest BCUT2D eigenvalue weighted by Crippen LogP contribution is -2.26. The third-order valence-corrected chi connectivity index (χ3v) is 6.06. The van der Waals surface area contributed by atoms with E-state index in [0.29, 0.717) is 33.7 Å². The number of amides is 1. The van der Waals surface area contributed by atoms with Crippen LogP contribution in [0.4, 0.5) is 11.4 Å². The van der Waals surface area contributed by atoms with Gasteiger partial charge in [-0.15, -0.1) is 0 Å². The molecule has 0 aliphatic carbocycles. The molecule has 0 atom stereocenters. The SMILES string of the molecule is CCCN1C(=O)/C(=C\c2cc(Br)c(OCc3cccc([N+](=O)[O-])c3)c(OC)c2)c2ccccc21. The van der Waals surface area contributed by atoms with Crippen molar-refractivity contribution in [2.75, 3.05) is 18.6 Å². The van der Waals surface area contributed by atoms with Crippen LogP contribution in [0.2, 0.25) is 0 Å². The summed E-state index contributed by atoms with van der Waals surface area (Å²) in [6, 6.07) is 17.7. The second kappa shape index (κ2) is 10.1. The summed E-state index contributed by atoms with van der Waals surface area (Å²) in [6.07, 6.45) is 2.72. The quantitative estimate of drug-likeness (QED) is 0.198. The first-order valence-corrected chi connectivity index (χ1v) is 11.6. The molecule has 3 aromatic carbocycles.